The molecule has 8 aromatic carbocycles. The van der Waals surface area contributed by atoms with Gasteiger partial charge < -0.3 is 19.9 Å². The summed E-state index contributed by atoms with van der Waals surface area (Å²) in [5.74, 6) is 3.10. The molecule has 4 N–H and O–H groups in total. The van der Waals surface area contributed by atoms with Gasteiger partial charge in [-0.15, -0.1) is 0 Å². The van der Waals surface area contributed by atoms with Gasteiger partial charge >= 0.3 is 0 Å². The Balaban J connectivity index is 0.00000294. The van der Waals surface area contributed by atoms with Crippen LogP contribution in [-0.2, 0) is 44.0 Å². The summed E-state index contributed by atoms with van der Waals surface area (Å²) < 4.78 is 32.6. The summed E-state index contributed by atoms with van der Waals surface area (Å²) in [6.07, 6.45) is 0. The van der Waals surface area contributed by atoms with E-state index in [9.17, 15) is 0 Å². The summed E-state index contributed by atoms with van der Waals surface area (Å²) in [6, 6.07) is 56.9. The van der Waals surface area contributed by atoms with E-state index in [2.05, 4.69) is 19.9 Å². The van der Waals surface area contributed by atoms with Crippen LogP contribution in [-0.4, -0.2) is 88.2 Å². The summed E-state index contributed by atoms with van der Waals surface area (Å²) >= 11 is 0. The Morgan fingerprint density at radius 3 is 0.682 bits per heavy atom. The smallest absolute Gasteiger partial charge is 0.208 e. The van der Waals surface area contributed by atoms with E-state index in [1.54, 1.807) is 24.3 Å². The van der Waals surface area contributed by atoms with E-state index in [0.717, 1.165) is 54.9 Å². The molecule has 18 nitrogen and oxygen atoms in total. The maximum absolute atomic E-state index is 16.3. The normalized spacial score (nSPS) is 12.1. The van der Waals surface area contributed by atoms with Gasteiger partial charge in [0, 0.05) is 122 Å². The van der Waals surface area contributed by atoms with Crippen LogP contribution in [0.4, 0.5) is 0 Å². The maximum Gasteiger partial charge on any atom is 0.208 e. The zero-order chi connectivity index (χ0) is 54.7. The Hall–Kier alpha value is -10.5. The van der Waals surface area contributed by atoms with Crippen LogP contribution in [0.5, 0.6) is 0 Å². The largest absolute Gasteiger partial charge is 0.324 e. The quantitative estimate of drug-likeness (QED) is 0.118. The molecule has 10 heterocycles. The molecule has 410 valence electrons. The second-order valence-electron chi connectivity index (χ2n) is 20.4. The minimum atomic E-state index is -4.56. The molecule has 0 amide bonds. The summed E-state index contributed by atoms with van der Waals surface area (Å²) in [4.78, 5) is 75.4. The number of fused-ring (bicyclic) bond motifs is 40. The van der Waals surface area contributed by atoms with Crippen molar-refractivity contribution >= 4 is 98.1 Å². The first-order valence-electron chi connectivity index (χ1n) is 26.6. The summed E-state index contributed by atoms with van der Waals surface area (Å²) in [5.41, 5.74) is 9.25. The number of H-pyrrole nitrogens is 4. The zero-order valence-corrected chi connectivity index (χ0v) is 46.2. The van der Waals surface area contributed by atoms with Crippen molar-refractivity contribution < 1.29 is 42.6 Å². The maximum atomic E-state index is 16.3. The van der Waals surface area contributed by atoms with Gasteiger partial charge in [0.25, 0.3) is 0 Å². The average molecular weight is 1220 g/mol. The average Bonchev–Trinajstić information content (AvgIpc) is 2.12. The van der Waals surface area contributed by atoms with Gasteiger partial charge in [0.1, 0.15) is 45.2 Å². The Morgan fingerprint density at radius 2 is 0.424 bits per heavy atom. The van der Waals surface area contributed by atoms with Crippen molar-refractivity contribution in [3.63, 3.8) is 0 Å². The van der Waals surface area contributed by atoms with Crippen LogP contribution in [0.3, 0.4) is 0 Å². The van der Waals surface area contributed by atoms with Crippen molar-refractivity contribution in [2.24, 2.45) is 0 Å². The van der Waals surface area contributed by atoms with Crippen molar-refractivity contribution in [1.29, 1.82) is 0 Å². The van der Waals surface area contributed by atoms with Gasteiger partial charge in [0.05, 0.1) is 9.79 Å². The minimum Gasteiger partial charge on any atom is -0.324 e. The predicted octanol–water partition coefficient (Wildman–Crippen LogP) is 12.9. The van der Waals surface area contributed by atoms with Crippen molar-refractivity contribution in [2.75, 3.05) is 0 Å². The topological polar surface area (TPSA) is 252 Å². The Labute approximate surface area is 500 Å². The van der Waals surface area contributed by atoms with E-state index in [0.29, 0.717) is 102 Å². The van der Waals surface area contributed by atoms with Gasteiger partial charge in [0.15, 0.2) is 46.6 Å². The second-order valence-corrected chi connectivity index (χ2v) is 22.2. The van der Waals surface area contributed by atoms with E-state index >= 15 is 8.42 Å². The van der Waals surface area contributed by atoms with Crippen molar-refractivity contribution in [2.45, 2.75) is 9.79 Å². The number of sulfone groups is 1. The molecule has 6 aromatic heterocycles. The molecule has 2 radical (unpaired) electrons. The van der Waals surface area contributed by atoms with E-state index in [-0.39, 0.29) is 66.0 Å². The molecule has 0 saturated carbocycles. The molecule has 4 aliphatic heterocycles. The van der Waals surface area contributed by atoms with Gasteiger partial charge in [-0.25, -0.2) is 68.2 Å². The number of nitrogens with one attached hydrogen (secondary N) is 4. The molecule has 0 fully saturated rings. The summed E-state index contributed by atoms with van der Waals surface area (Å²) in [5, 5.41) is 4.91. The van der Waals surface area contributed by atoms with Gasteiger partial charge in [-0.3, -0.25) is 0 Å². The summed E-state index contributed by atoms with van der Waals surface area (Å²) in [6.45, 7) is 0. The molecule has 0 aliphatic carbocycles. The minimum absolute atomic E-state index is 0. The SMILES string of the molecule is O=S(=O)(c1cccc2c3nc4nc(nc5[nH]c(nc6nc(nc([nH]3)c12)-c1ccccc1-6)c1ccccc51)-c1ccccc1-4)c1cccc2c3nc4nc(nc5[nH]c(nc6nc(nc([nH]3)c12)-c1ccccc1-6)c1ccccc51)-c1ccccc1-4.[Cu].[Cu]. The van der Waals surface area contributed by atoms with E-state index in [4.69, 9.17) is 59.8 Å². The fourth-order valence-electron chi connectivity index (χ4n) is 11.9. The van der Waals surface area contributed by atoms with Crippen molar-refractivity contribution in [3.8, 4) is 91.1 Å². The third-order valence-electron chi connectivity index (χ3n) is 15.7. The third kappa shape index (κ3) is 7.51. The molecule has 0 spiro atoms. The number of benzene rings is 8. The van der Waals surface area contributed by atoms with Crippen LogP contribution in [0, 0.1) is 0 Å². The molecule has 18 rings (SSSR count). The van der Waals surface area contributed by atoms with Crippen LogP contribution in [0.25, 0.3) is 179 Å². The third-order valence-corrected chi connectivity index (χ3v) is 17.5. The molecule has 85 heavy (non-hydrogen) atoms. The van der Waals surface area contributed by atoms with E-state index in [1.807, 2.05) is 158 Å². The van der Waals surface area contributed by atoms with Crippen LogP contribution in [0.15, 0.2) is 192 Å². The number of nitrogens with zero attached hydrogens (tertiary/aromatic N) is 12. The summed E-state index contributed by atoms with van der Waals surface area (Å²) in [7, 11) is -4.56. The fourth-order valence-corrected chi connectivity index (χ4v) is 13.6. The molecular weight excluding hydrogens is 1180 g/mol. The Bertz CT molecular complexity index is 5420. The van der Waals surface area contributed by atoms with Gasteiger partial charge in [-0.1, -0.05) is 170 Å². The first-order valence-corrected chi connectivity index (χ1v) is 28.0. The van der Waals surface area contributed by atoms with Crippen molar-refractivity contribution in [1.82, 2.24) is 79.7 Å². The van der Waals surface area contributed by atoms with Crippen LogP contribution in [0.2, 0.25) is 0 Å². The van der Waals surface area contributed by atoms with Gasteiger partial charge in [0.2, 0.25) is 9.84 Å². The molecule has 0 unspecified atom stereocenters. The second kappa shape index (κ2) is 18.7. The molecule has 4 aliphatic rings. The van der Waals surface area contributed by atoms with E-state index in [1.165, 1.54) is 0 Å². The molecule has 14 aromatic rings. The molecular formula is C64H34Cu2N16O2S. The molecule has 0 saturated heterocycles. The molecule has 16 bridgehead atoms. The number of hydrogen-bond donors (Lipinski definition) is 4. The number of hydrogen-bond acceptors (Lipinski definition) is 14. The first kappa shape index (κ1) is 50.2. The zero-order valence-electron chi connectivity index (χ0n) is 43.5. The Kier molecular flexibility index (Phi) is 11.1. The monoisotopic (exact) mass is 1220 g/mol. The molecule has 21 heteroatoms. The number of aromatic amines is 4. The van der Waals surface area contributed by atoms with Gasteiger partial charge in [-0.05, 0) is 12.1 Å². The number of aromatic nitrogens is 16. The predicted molar refractivity (Wildman–Crippen MR) is 318 cm³/mol. The fraction of sp³-hybridized carbons (Fsp3) is 0. The van der Waals surface area contributed by atoms with Gasteiger partial charge in [-0.2, -0.15) is 0 Å². The van der Waals surface area contributed by atoms with Crippen LogP contribution < -0.4 is 0 Å². The van der Waals surface area contributed by atoms with Crippen molar-refractivity contribution in [3.05, 3.63) is 182 Å². The van der Waals surface area contributed by atoms with E-state index < -0.39 is 9.84 Å². The standard InChI is InChI=1S/C64H34N16O2S.2Cu/c81-83(82,45-29-13-27-43-47(45)63-77-59-41-25-11-9-23-39(41)55(73-59)69-51-33-17-3-1-15-31(33)49(65-51)67-53-35-19-5-7-21-37(35)57(71-53)75-61(43)79-63)46-30-14-28-44-48(46)64-78-60-42-26-12-10-24-40(42)56(74-60)70-52-34-18-4-2-16-32(34)50(66-52)68-54-36-20-6-8-22-38(36)58(72-54)76-62(44)80-64;;/h1-30H,(H2,65,67,69,71,73,75,77,79)(H2,66,68,70,72,74,76,78,80);;. The van der Waals surface area contributed by atoms with Crippen LogP contribution >= 0.6 is 0 Å². The van der Waals surface area contributed by atoms with Crippen LogP contribution in [0.1, 0.15) is 0 Å². The first-order chi connectivity index (χ1) is 40.8. The molecule has 0 atom stereocenters. The number of rotatable bonds is 2. The Morgan fingerprint density at radius 1 is 0.224 bits per heavy atom.